The molecule has 1 aromatic carbocycles. The number of hydrogen-bond acceptors (Lipinski definition) is 4. The Morgan fingerprint density at radius 1 is 1.08 bits per heavy atom. The van der Waals surface area contributed by atoms with Gasteiger partial charge in [-0.2, -0.15) is 0 Å². The van der Waals surface area contributed by atoms with Gasteiger partial charge in [0, 0.05) is 31.5 Å². The van der Waals surface area contributed by atoms with Crippen LogP contribution in [-0.2, 0) is 9.59 Å². The lowest BCUT2D eigenvalue weighted by Gasteiger charge is -2.23. The highest BCUT2D eigenvalue weighted by atomic mass is 16.7. The average molecular weight is 358 g/mol. The Balaban J connectivity index is 1.46. The molecule has 4 rings (SSSR count). The number of carbonyl (C=O) groups excluding carboxylic acids is 2. The van der Waals surface area contributed by atoms with Crippen LogP contribution in [0.2, 0.25) is 0 Å². The van der Waals surface area contributed by atoms with Crippen molar-refractivity contribution in [1.29, 1.82) is 0 Å². The van der Waals surface area contributed by atoms with Crippen molar-refractivity contribution in [2.24, 2.45) is 5.92 Å². The van der Waals surface area contributed by atoms with Crippen LogP contribution in [-0.4, -0.2) is 23.6 Å². The molecule has 0 bridgehead atoms. The molecule has 2 aliphatic carbocycles. The summed E-state index contributed by atoms with van der Waals surface area (Å²) in [5.41, 5.74) is 0.667. The number of rotatable bonds is 4. The van der Waals surface area contributed by atoms with E-state index >= 15 is 0 Å². The van der Waals surface area contributed by atoms with Gasteiger partial charge in [-0.05, 0) is 43.7 Å². The van der Waals surface area contributed by atoms with Gasteiger partial charge in [0.05, 0.1) is 0 Å². The number of benzene rings is 1. The molecular weight excluding hydrogens is 332 g/mol. The van der Waals surface area contributed by atoms with Crippen LogP contribution in [0.1, 0.15) is 58.3 Å². The molecule has 1 spiro atoms. The van der Waals surface area contributed by atoms with Crippen molar-refractivity contribution in [2.45, 2.75) is 70.1 Å². The molecule has 1 aromatic rings. The fourth-order valence-electron chi connectivity index (χ4n) is 4.42. The maximum Gasteiger partial charge on any atom is 0.251 e. The van der Waals surface area contributed by atoms with Crippen LogP contribution in [0.4, 0.5) is 5.69 Å². The summed E-state index contributed by atoms with van der Waals surface area (Å²) in [7, 11) is 0. The van der Waals surface area contributed by atoms with Crippen LogP contribution in [0.15, 0.2) is 18.2 Å². The largest absolute Gasteiger partial charge is 0.448 e. The summed E-state index contributed by atoms with van der Waals surface area (Å²) < 4.78 is 12.1. The lowest BCUT2D eigenvalue weighted by Crippen LogP contribution is -2.47. The Morgan fingerprint density at radius 3 is 2.46 bits per heavy atom. The van der Waals surface area contributed by atoms with Crippen LogP contribution in [0.25, 0.3) is 0 Å². The third kappa shape index (κ3) is 3.37. The third-order valence-electron chi connectivity index (χ3n) is 5.68. The number of hydrogen-bond donors (Lipinski definition) is 2. The Labute approximate surface area is 153 Å². The minimum Gasteiger partial charge on any atom is -0.448 e. The third-order valence-corrected chi connectivity index (χ3v) is 5.68. The normalized spacial score (nSPS) is 21.7. The molecule has 2 amide bonds. The first-order chi connectivity index (χ1) is 12.5. The van der Waals surface area contributed by atoms with Crippen molar-refractivity contribution in [1.82, 2.24) is 5.32 Å². The van der Waals surface area contributed by atoms with Crippen molar-refractivity contribution in [3.8, 4) is 11.5 Å². The highest BCUT2D eigenvalue weighted by molar-refractivity contribution is 5.97. The number of fused-ring (bicyclic) bond motifs is 1. The van der Waals surface area contributed by atoms with E-state index in [0.717, 1.165) is 57.1 Å². The smallest absolute Gasteiger partial charge is 0.251 e. The molecule has 140 valence electrons. The first-order valence-corrected chi connectivity index (χ1v) is 9.65. The molecule has 2 saturated carbocycles. The first kappa shape index (κ1) is 17.2. The molecule has 3 aliphatic rings. The first-order valence-electron chi connectivity index (χ1n) is 9.65. The van der Waals surface area contributed by atoms with Crippen molar-refractivity contribution in [2.75, 3.05) is 5.32 Å². The van der Waals surface area contributed by atoms with Crippen molar-refractivity contribution < 1.29 is 19.1 Å². The maximum atomic E-state index is 12.8. The minimum atomic E-state index is -0.506. The van der Waals surface area contributed by atoms with Gasteiger partial charge >= 0.3 is 0 Å². The molecule has 0 saturated heterocycles. The maximum absolute atomic E-state index is 12.8. The van der Waals surface area contributed by atoms with Gasteiger partial charge in [0.2, 0.25) is 11.8 Å². The van der Waals surface area contributed by atoms with Crippen molar-refractivity contribution in [3.05, 3.63) is 18.2 Å². The van der Waals surface area contributed by atoms with E-state index in [1.165, 1.54) is 6.92 Å². The molecular formula is C20H26N2O4. The van der Waals surface area contributed by atoms with Crippen LogP contribution >= 0.6 is 0 Å². The molecule has 1 atom stereocenters. The zero-order valence-corrected chi connectivity index (χ0v) is 15.2. The highest BCUT2D eigenvalue weighted by Crippen LogP contribution is 2.47. The monoisotopic (exact) mass is 358 g/mol. The Morgan fingerprint density at radius 2 is 1.77 bits per heavy atom. The Hall–Kier alpha value is -2.24. The predicted molar refractivity (Wildman–Crippen MR) is 97.1 cm³/mol. The van der Waals surface area contributed by atoms with Gasteiger partial charge in [-0.3, -0.25) is 9.59 Å². The molecule has 26 heavy (non-hydrogen) atoms. The molecule has 0 aromatic heterocycles. The fraction of sp³-hybridized carbons (Fsp3) is 0.600. The fourth-order valence-corrected chi connectivity index (χ4v) is 4.42. The molecule has 2 N–H and O–H groups in total. The summed E-state index contributed by atoms with van der Waals surface area (Å²) in [5, 5.41) is 5.77. The van der Waals surface area contributed by atoms with Crippen LogP contribution in [0, 0.1) is 5.92 Å². The molecule has 1 aliphatic heterocycles. The van der Waals surface area contributed by atoms with E-state index in [1.807, 2.05) is 18.2 Å². The molecule has 0 radical (unpaired) electrons. The highest BCUT2D eigenvalue weighted by Gasteiger charge is 2.44. The molecule has 6 heteroatoms. The lowest BCUT2D eigenvalue weighted by molar-refractivity contribution is -0.126. The number of ether oxygens (including phenoxy) is 2. The summed E-state index contributed by atoms with van der Waals surface area (Å²) in [6.07, 6.45) is 8.18. The van der Waals surface area contributed by atoms with Crippen LogP contribution < -0.4 is 20.1 Å². The summed E-state index contributed by atoms with van der Waals surface area (Å²) in [4.78, 5) is 24.3. The number of nitrogens with one attached hydrogen (secondary N) is 2. The van der Waals surface area contributed by atoms with Crippen molar-refractivity contribution >= 4 is 17.5 Å². The van der Waals surface area contributed by atoms with Gasteiger partial charge in [0.25, 0.3) is 5.79 Å². The summed E-state index contributed by atoms with van der Waals surface area (Å²) in [6.45, 7) is 1.46. The summed E-state index contributed by atoms with van der Waals surface area (Å²) in [5.74, 6) is 0.774. The zero-order valence-electron chi connectivity index (χ0n) is 15.2. The second kappa shape index (κ2) is 6.82. The van der Waals surface area contributed by atoms with Crippen LogP contribution in [0.3, 0.4) is 0 Å². The Kier molecular flexibility index (Phi) is 4.51. The van der Waals surface area contributed by atoms with E-state index in [4.69, 9.17) is 9.47 Å². The van der Waals surface area contributed by atoms with Gasteiger partial charge in [0.1, 0.15) is 6.04 Å². The second-order valence-electron chi connectivity index (χ2n) is 7.70. The van der Waals surface area contributed by atoms with E-state index in [9.17, 15) is 9.59 Å². The SMILES string of the molecule is CC(=O)NC(C(=O)Nc1ccc2c(c1)OC1(CCCC1)O2)C1CCCC1. The van der Waals surface area contributed by atoms with E-state index in [0.29, 0.717) is 11.4 Å². The van der Waals surface area contributed by atoms with E-state index in [2.05, 4.69) is 10.6 Å². The summed E-state index contributed by atoms with van der Waals surface area (Å²) in [6, 6.07) is 5.01. The van der Waals surface area contributed by atoms with Crippen LogP contribution in [0.5, 0.6) is 11.5 Å². The zero-order chi connectivity index (χ0) is 18.1. The number of carbonyl (C=O) groups is 2. The molecule has 6 nitrogen and oxygen atoms in total. The van der Waals surface area contributed by atoms with Gasteiger partial charge in [-0.25, -0.2) is 0 Å². The van der Waals surface area contributed by atoms with E-state index in [-0.39, 0.29) is 17.7 Å². The molecule has 1 unspecified atom stereocenters. The lowest BCUT2D eigenvalue weighted by atomic mass is 9.97. The predicted octanol–water partition coefficient (Wildman–Crippen LogP) is 3.36. The van der Waals surface area contributed by atoms with Gasteiger partial charge < -0.3 is 20.1 Å². The average Bonchev–Trinajstić information content (AvgIpc) is 3.33. The molecule has 1 heterocycles. The Bertz CT molecular complexity index is 706. The van der Waals surface area contributed by atoms with Gasteiger partial charge in [-0.1, -0.05) is 12.8 Å². The second-order valence-corrected chi connectivity index (χ2v) is 7.70. The van der Waals surface area contributed by atoms with Gasteiger partial charge in [-0.15, -0.1) is 0 Å². The number of anilines is 1. The molecule has 2 fully saturated rings. The standard InChI is InChI=1S/C20H26N2O4/c1-13(23)21-18(14-6-2-3-7-14)19(24)22-15-8-9-16-17(12-15)26-20(25-16)10-4-5-11-20/h8-9,12,14,18H,2-7,10-11H2,1H3,(H,21,23)(H,22,24). The van der Waals surface area contributed by atoms with E-state index in [1.54, 1.807) is 0 Å². The minimum absolute atomic E-state index is 0.165. The number of amides is 2. The van der Waals surface area contributed by atoms with Gasteiger partial charge in [0.15, 0.2) is 11.5 Å². The topological polar surface area (TPSA) is 76.7 Å². The van der Waals surface area contributed by atoms with E-state index < -0.39 is 11.8 Å². The quantitative estimate of drug-likeness (QED) is 0.865. The van der Waals surface area contributed by atoms with Crippen molar-refractivity contribution in [3.63, 3.8) is 0 Å². The summed E-state index contributed by atoms with van der Waals surface area (Å²) >= 11 is 0.